The number of nitrogens with zero attached hydrogens (tertiary/aromatic N) is 4. The first-order chi connectivity index (χ1) is 15.0. The van der Waals surface area contributed by atoms with E-state index in [0.29, 0.717) is 51.8 Å². The maximum absolute atomic E-state index is 12.8. The van der Waals surface area contributed by atoms with E-state index in [9.17, 15) is 8.42 Å². The van der Waals surface area contributed by atoms with Crippen LogP contribution in [0.4, 0.5) is 5.82 Å². The number of pyridine rings is 1. The van der Waals surface area contributed by atoms with Gasteiger partial charge in [0.2, 0.25) is 10.0 Å². The molecule has 168 valence electrons. The molecule has 1 aromatic heterocycles. The monoisotopic (exact) mass is 444 g/mol. The summed E-state index contributed by atoms with van der Waals surface area (Å²) >= 11 is 0. The van der Waals surface area contributed by atoms with E-state index in [-0.39, 0.29) is 5.75 Å². The molecule has 0 unspecified atom stereocenters. The molecule has 0 bridgehead atoms. The molecule has 1 aliphatic heterocycles. The lowest BCUT2D eigenvalue weighted by Gasteiger charge is -2.34. The second-order valence-corrected chi connectivity index (χ2v) is 9.59. The standard InChI is InChI=1S/C22H32N6O2S/c1-3-23-22(26-18-20-9-7-19(2)8-10-20)25-12-17-31(29,30)28-15-13-27(14-16-28)21-6-4-5-11-24-21/h4-11H,3,12-18H2,1-2H3,(H2,23,25,26). The summed E-state index contributed by atoms with van der Waals surface area (Å²) in [7, 11) is -3.33. The Morgan fingerprint density at radius 1 is 1.06 bits per heavy atom. The number of piperazine rings is 1. The van der Waals surface area contributed by atoms with E-state index >= 15 is 0 Å². The molecular weight excluding hydrogens is 412 g/mol. The number of guanidine groups is 1. The van der Waals surface area contributed by atoms with Crippen molar-refractivity contribution in [2.45, 2.75) is 20.4 Å². The Bertz CT molecular complexity index is 940. The van der Waals surface area contributed by atoms with Gasteiger partial charge < -0.3 is 15.5 Å². The topological polar surface area (TPSA) is 89.9 Å². The summed E-state index contributed by atoms with van der Waals surface area (Å²) in [5.41, 5.74) is 2.32. The second kappa shape index (κ2) is 11.1. The van der Waals surface area contributed by atoms with Gasteiger partial charge in [-0.2, -0.15) is 4.31 Å². The van der Waals surface area contributed by atoms with Crippen molar-refractivity contribution in [2.75, 3.05) is 49.9 Å². The molecule has 31 heavy (non-hydrogen) atoms. The van der Waals surface area contributed by atoms with Crippen molar-refractivity contribution >= 4 is 21.8 Å². The average molecular weight is 445 g/mol. The Morgan fingerprint density at radius 3 is 2.45 bits per heavy atom. The third-order valence-corrected chi connectivity index (χ3v) is 7.01. The molecule has 0 aliphatic carbocycles. The van der Waals surface area contributed by atoms with Crippen LogP contribution in [0, 0.1) is 6.92 Å². The van der Waals surface area contributed by atoms with Crippen LogP contribution in [0.15, 0.2) is 53.7 Å². The Hall–Kier alpha value is -2.65. The van der Waals surface area contributed by atoms with Gasteiger partial charge in [-0.25, -0.2) is 18.4 Å². The molecule has 0 saturated carbocycles. The van der Waals surface area contributed by atoms with Gasteiger partial charge in [-0.05, 0) is 31.5 Å². The third-order valence-electron chi connectivity index (χ3n) is 5.14. The third kappa shape index (κ3) is 6.93. The van der Waals surface area contributed by atoms with Crippen molar-refractivity contribution in [3.8, 4) is 0 Å². The Kier molecular flexibility index (Phi) is 8.25. The van der Waals surface area contributed by atoms with Gasteiger partial charge in [-0.3, -0.25) is 0 Å². The summed E-state index contributed by atoms with van der Waals surface area (Å²) in [5, 5.41) is 6.32. The van der Waals surface area contributed by atoms with Crippen molar-refractivity contribution in [2.24, 2.45) is 4.99 Å². The van der Waals surface area contributed by atoms with Crippen LogP contribution in [0.1, 0.15) is 18.1 Å². The van der Waals surface area contributed by atoms with E-state index in [2.05, 4.69) is 56.7 Å². The smallest absolute Gasteiger partial charge is 0.215 e. The molecule has 3 rings (SSSR count). The highest BCUT2D eigenvalue weighted by molar-refractivity contribution is 7.89. The predicted molar refractivity (Wildman–Crippen MR) is 126 cm³/mol. The Balaban J connectivity index is 1.48. The molecule has 1 aromatic carbocycles. The molecular formula is C22H32N6O2S. The summed E-state index contributed by atoms with van der Waals surface area (Å²) in [6.45, 7) is 7.83. The van der Waals surface area contributed by atoms with E-state index in [4.69, 9.17) is 0 Å². The van der Waals surface area contributed by atoms with Gasteiger partial charge in [0.1, 0.15) is 5.82 Å². The highest BCUT2D eigenvalue weighted by Crippen LogP contribution is 2.14. The van der Waals surface area contributed by atoms with E-state index in [1.807, 2.05) is 25.1 Å². The number of benzene rings is 1. The number of rotatable bonds is 8. The highest BCUT2D eigenvalue weighted by atomic mass is 32.2. The minimum atomic E-state index is -3.33. The quantitative estimate of drug-likeness (QED) is 0.475. The fourth-order valence-corrected chi connectivity index (χ4v) is 4.71. The Labute approximate surface area is 185 Å². The van der Waals surface area contributed by atoms with Crippen LogP contribution in [0.5, 0.6) is 0 Å². The number of aryl methyl sites for hydroxylation is 1. The van der Waals surface area contributed by atoms with Crippen LogP contribution >= 0.6 is 0 Å². The van der Waals surface area contributed by atoms with E-state index in [1.165, 1.54) is 5.56 Å². The molecule has 1 saturated heterocycles. The maximum atomic E-state index is 12.8. The largest absolute Gasteiger partial charge is 0.357 e. The molecule has 0 atom stereocenters. The first-order valence-corrected chi connectivity index (χ1v) is 12.3. The predicted octanol–water partition coefficient (Wildman–Crippen LogP) is 1.60. The first kappa shape index (κ1) is 23.0. The van der Waals surface area contributed by atoms with Crippen molar-refractivity contribution in [1.82, 2.24) is 19.9 Å². The van der Waals surface area contributed by atoms with Gasteiger partial charge in [0.15, 0.2) is 5.96 Å². The lowest BCUT2D eigenvalue weighted by molar-refractivity contribution is 0.384. The number of sulfonamides is 1. The number of aliphatic imine (C=N–C) groups is 1. The fourth-order valence-electron chi connectivity index (χ4n) is 3.37. The molecule has 0 amide bonds. The van der Waals surface area contributed by atoms with Crippen LogP contribution in [0.3, 0.4) is 0 Å². The zero-order chi connectivity index (χ0) is 22.1. The van der Waals surface area contributed by atoms with Gasteiger partial charge >= 0.3 is 0 Å². The lowest BCUT2D eigenvalue weighted by Crippen LogP contribution is -2.50. The van der Waals surface area contributed by atoms with Crippen molar-refractivity contribution in [3.05, 3.63) is 59.8 Å². The van der Waals surface area contributed by atoms with Gasteiger partial charge in [0.25, 0.3) is 0 Å². The molecule has 0 spiro atoms. The Morgan fingerprint density at radius 2 is 1.81 bits per heavy atom. The fraction of sp³-hybridized carbons (Fsp3) is 0.455. The summed E-state index contributed by atoms with van der Waals surface area (Å²) < 4.78 is 27.1. The zero-order valence-corrected chi connectivity index (χ0v) is 19.1. The van der Waals surface area contributed by atoms with Crippen molar-refractivity contribution < 1.29 is 8.42 Å². The van der Waals surface area contributed by atoms with Crippen LogP contribution in [0.25, 0.3) is 0 Å². The minimum absolute atomic E-state index is 0.0333. The van der Waals surface area contributed by atoms with Crippen LogP contribution in [-0.2, 0) is 16.6 Å². The summed E-state index contributed by atoms with van der Waals surface area (Å²) in [5.74, 6) is 1.55. The minimum Gasteiger partial charge on any atom is -0.357 e. The zero-order valence-electron chi connectivity index (χ0n) is 18.3. The molecule has 2 aromatic rings. The summed E-state index contributed by atoms with van der Waals surface area (Å²) in [6, 6.07) is 14.0. The number of aromatic nitrogens is 1. The number of hydrogen-bond acceptors (Lipinski definition) is 5. The molecule has 0 radical (unpaired) electrons. The van der Waals surface area contributed by atoms with Crippen LogP contribution in [0.2, 0.25) is 0 Å². The van der Waals surface area contributed by atoms with Gasteiger partial charge in [-0.1, -0.05) is 35.9 Å². The van der Waals surface area contributed by atoms with E-state index in [0.717, 1.165) is 11.4 Å². The van der Waals surface area contributed by atoms with Gasteiger partial charge in [0, 0.05) is 45.5 Å². The summed E-state index contributed by atoms with van der Waals surface area (Å²) in [6.07, 6.45) is 1.76. The molecule has 9 heteroatoms. The second-order valence-electron chi connectivity index (χ2n) is 7.50. The highest BCUT2D eigenvalue weighted by Gasteiger charge is 2.27. The molecule has 2 N–H and O–H groups in total. The molecule has 1 fully saturated rings. The number of anilines is 1. The molecule has 2 heterocycles. The molecule has 8 nitrogen and oxygen atoms in total. The van der Waals surface area contributed by atoms with E-state index in [1.54, 1.807) is 10.5 Å². The van der Waals surface area contributed by atoms with Crippen molar-refractivity contribution in [3.63, 3.8) is 0 Å². The number of nitrogens with one attached hydrogen (secondary N) is 2. The van der Waals surface area contributed by atoms with Crippen LogP contribution in [-0.4, -0.2) is 68.7 Å². The van der Waals surface area contributed by atoms with Crippen LogP contribution < -0.4 is 15.5 Å². The summed E-state index contributed by atoms with van der Waals surface area (Å²) in [4.78, 5) is 11.0. The lowest BCUT2D eigenvalue weighted by atomic mass is 10.1. The number of hydrogen-bond donors (Lipinski definition) is 2. The van der Waals surface area contributed by atoms with Gasteiger partial charge in [0.05, 0.1) is 12.3 Å². The SMILES string of the molecule is CCNC(=NCc1ccc(C)cc1)NCCS(=O)(=O)N1CCN(c2ccccn2)CC1. The van der Waals surface area contributed by atoms with Gasteiger partial charge in [-0.15, -0.1) is 0 Å². The average Bonchev–Trinajstić information content (AvgIpc) is 2.79. The van der Waals surface area contributed by atoms with Crippen molar-refractivity contribution in [1.29, 1.82) is 0 Å². The maximum Gasteiger partial charge on any atom is 0.215 e. The normalized spacial score (nSPS) is 15.7. The molecule has 1 aliphatic rings. The first-order valence-electron chi connectivity index (χ1n) is 10.7. The van der Waals surface area contributed by atoms with E-state index < -0.39 is 10.0 Å².